The molecular formula is C23H29ClN2O3. The maximum atomic E-state index is 12.5. The van der Waals surface area contributed by atoms with E-state index in [1.165, 1.54) is 5.56 Å². The second-order valence-corrected chi connectivity index (χ2v) is 8.02. The van der Waals surface area contributed by atoms with E-state index in [9.17, 15) is 4.79 Å². The second-order valence-electron chi connectivity index (χ2n) is 8.02. The third kappa shape index (κ3) is 4.85. The van der Waals surface area contributed by atoms with Crippen LogP contribution in [0.25, 0.3) is 0 Å². The van der Waals surface area contributed by atoms with Crippen LogP contribution in [0.15, 0.2) is 42.5 Å². The first-order valence-corrected chi connectivity index (χ1v) is 10.1. The van der Waals surface area contributed by atoms with E-state index in [1.807, 2.05) is 18.2 Å². The number of hydrogen-bond donors (Lipinski definition) is 2. The SMILES string of the molecule is CC(C)c1ccc(C(N)CNC(=O)C2CC2c2ccc3c(c2)OCCO3)cc1.Cl. The Morgan fingerprint density at radius 2 is 1.72 bits per heavy atom. The predicted octanol–water partition coefficient (Wildman–Crippen LogP) is 3.92. The van der Waals surface area contributed by atoms with Crippen molar-refractivity contribution in [3.8, 4) is 11.5 Å². The molecule has 0 spiro atoms. The van der Waals surface area contributed by atoms with Crippen molar-refractivity contribution in [1.82, 2.24) is 5.32 Å². The quantitative estimate of drug-likeness (QED) is 0.748. The first-order chi connectivity index (χ1) is 13.5. The lowest BCUT2D eigenvalue weighted by Crippen LogP contribution is -2.33. The molecule has 3 N–H and O–H groups in total. The van der Waals surface area contributed by atoms with Gasteiger partial charge in [-0.15, -0.1) is 12.4 Å². The molecule has 1 amide bonds. The van der Waals surface area contributed by atoms with Gasteiger partial charge in [-0.25, -0.2) is 0 Å². The van der Waals surface area contributed by atoms with Gasteiger partial charge < -0.3 is 20.5 Å². The van der Waals surface area contributed by atoms with Crippen molar-refractivity contribution in [1.29, 1.82) is 0 Å². The van der Waals surface area contributed by atoms with Crippen molar-refractivity contribution >= 4 is 18.3 Å². The Kier molecular flexibility index (Phi) is 6.70. The molecule has 0 saturated heterocycles. The molecule has 2 aromatic carbocycles. The molecule has 1 aliphatic carbocycles. The molecule has 5 nitrogen and oxygen atoms in total. The van der Waals surface area contributed by atoms with Gasteiger partial charge in [-0.3, -0.25) is 4.79 Å². The van der Waals surface area contributed by atoms with Crippen LogP contribution in [0.4, 0.5) is 0 Å². The number of fused-ring (bicyclic) bond motifs is 1. The fourth-order valence-electron chi connectivity index (χ4n) is 3.73. The Balaban J connectivity index is 0.00000240. The van der Waals surface area contributed by atoms with E-state index in [0.717, 1.165) is 29.0 Å². The Labute approximate surface area is 178 Å². The van der Waals surface area contributed by atoms with Crippen LogP contribution < -0.4 is 20.5 Å². The topological polar surface area (TPSA) is 73.6 Å². The number of rotatable bonds is 6. The van der Waals surface area contributed by atoms with Crippen molar-refractivity contribution in [2.45, 2.75) is 38.1 Å². The lowest BCUT2D eigenvalue weighted by Gasteiger charge is -2.19. The van der Waals surface area contributed by atoms with Gasteiger partial charge in [0, 0.05) is 18.5 Å². The third-order valence-electron chi connectivity index (χ3n) is 5.65. The summed E-state index contributed by atoms with van der Waals surface area (Å²) >= 11 is 0. The van der Waals surface area contributed by atoms with Gasteiger partial charge in [0.05, 0.1) is 0 Å². The van der Waals surface area contributed by atoms with Crippen LogP contribution in [0.5, 0.6) is 11.5 Å². The molecule has 6 heteroatoms. The van der Waals surface area contributed by atoms with E-state index < -0.39 is 0 Å². The maximum absolute atomic E-state index is 12.5. The normalized spacial score (nSPS) is 20.6. The summed E-state index contributed by atoms with van der Waals surface area (Å²) in [6, 6.07) is 14.1. The number of carbonyl (C=O) groups is 1. The van der Waals surface area contributed by atoms with Gasteiger partial charge in [-0.2, -0.15) is 0 Å². The molecule has 1 saturated carbocycles. The summed E-state index contributed by atoms with van der Waals surface area (Å²) in [6.45, 7) is 5.94. The molecule has 3 atom stereocenters. The molecule has 4 rings (SSSR count). The van der Waals surface area contributed by atoms with E-state index in [-0.39, 0.29) is 36.2 Å². The van der Waals surface area contributed by atoms with E-state index in [4.69, 9.17) is 15.2 Å². The zero-order chi connectivity index (χ0) is 19.7. The minimum Gasteiger partial charge on any atom is -0.486 e. The largest absolute Gasteiger partial charge is 0.486 e. The fraction of sp³-hybridized carbons (Fsp3) is 0.435. The zero-order valence-electron chi connectivity index (χ0n) is 16.9. The van der Waals surface area contributed by atoms with Crippen molar-refractivity contribution in [3.63, 3.8) is 0 Å². The molecule has 0 radical (unpaired) electrons. The van der Waals surface area contributed by atoms with Gasteiger partial charge in [-0.1, -0.05) is 44.2 Å². The van der Waals surface area contributed by atoms with E-state index in [1.54, 1.807) is 0 Å². The molecule has 2 aromatic rings. The van der Waals surface area contributed by atoms with Gasteiger partial charge in [-0.05, 0) is 47.1 Å². The minimum atomic E-state index is -0.198. The number of ether oxygens (including phenoxy) is 2. The molecule has 2 aliphatic rings. The van der Waals surface area contributed by atoms with Crippen molar-refractivity contribution in [3.05, 3.63) is 59.2 Å². The molecule has 1 heterocycles. The number of nitrogens with one attached hydrogen (secondary N) is 1. The Morgan fingerprint density at radius 1 is 1.07 bits per heavy atom. The summed E-state index contributed by atoms with van der Waals surface area (Å²) < 4.78 is 11.2. The smallest absolute Gasteiger partial charge is 0.223 e. The maximum Gasteiger partial charge on any atom is 0.223 e. The molecule has 1 aliphatic heterocycles. The van der Waals surface area contributed by atoms with Gasteiger partial charge >= 0.3 is 0 Å². The highest BCUT2D eigenvalue weighted by atomic mass is 35.5. The van der Waals surface area contributed by atoms with Crippen LogP contribution in [-0.4, -0.2) is 25.7 Å². The number of amides is 1. The molecule has 156 valence electrons. The highest BCUT2D eigenvalue weighted by molar-refractivity contribution is 5.85. The van der Waals surface area contributed by atoms with Crippen LogP contribution in [-0.2, 0) is 4.79 Å². The summed E-state index contributed by atoms with van der Waals surface area (Å²) in [5.41, 5.74) is 9.74. The number of carbonyl (C=O) groups excluding carboxylic acids is 1. The average Bonchev–Trinajstić information content (AvgIpc) is 3.52. The molecule has 0 aromatic heterocycles. The minimum absolute atomic E-state index is 0. The molecular weight excluding hydrogens is 388 g/mol. The molecule has 29 heavy (non-hydrogen) atoms. The highest BCUT2D eigenvalue weighted by Crippen LogP contribution is 2.49. The Bertz CT molecular complexity index is 854. The van der Waals surface area contributed by atoms with Gasteiger partial charge in [0.1, 0.15) is 13.2 Å². The lowest BCUT2D eigenvalue weighted by atomic mass is 9.99. The van der Waals surface area contributed by atoms with Gasteiger partial charge in [0.15, 0.2) is 11.5 Å². The zero-order valence-corrected chi connectivity index (χ0v) is 17.7. The molecule has 1 fully saturated rings. The summed E-state index contributed by atoms with van der Waals surface area (Å²) in [7, 11) is 0. The molecule has 0 bridgehead atoms. The number of halogens is 1. The third-order valence-corrected chi connectivity index (χ3v) is 5.65. The van der Waals surface area contributed by atoms with Gasteiger partial charge in [0.2, 0.25) is 5.91 Å². The van der Waals surface area contributed by atoms with Crippen molar-refractivity contribution in [2.75, 3.05) is 19.8 Å². The first-order valence-electron chi connectivity index (χ1n) is 10.1. The van der Waals surface area contributed by atoms with Crippen LogP contribution >= 0.6 is 12.4 Å². The van der Waals surface area contributed by atoms with E-state index >= 15 is 0 Å². The Hall–Kier alpha value is -2.24. The number of benzene rings is 2. The van der Waals surface area contributed by atoms with E-state index in [0.29, 0.717) is 25.7 Å². The summed E-state index contributed by atoms with van der Waals surface area (Å²) in [5.74, 6) is 2.40. The van der Waals surface area contributed by atoms with Crippen LogP contribution in [0.2, 0.25) is 0 Å². The standard InChI is InChI=1S/C23H28N2O3.ClH/c1-14(2)15-3-5-16(6-4-15)20(24)13-25-23(26)19-12-18(19)17-7-8-21-22(11-17)28-10-9-27-21;/h3-8,11,14,18-20H,9-10,12-13,24H2,1-2H3,(H,25,26);1H. The summed E-state index contributed by atoms with van der Waals surface area (Å²) in [6.07, 6.45) is 0.865. The fourth-order valence-corrected chi connectivity index (χ4v) is 3.73. The number of hydrogen-bond acceptors (Lipinski definition) is 4. The monoisotopic (exact) mass is 416 g/mol. The summed E-state index contributed by atoms with van der Waals surface area (Å²) in [4.78, 5) is 12.5. The Morgan fingerprint density at radius 3 is 2.41 bits per heavy atom. The van der Waals surface area contributed by atoms with Crippen LogP contribution in [0.1, 0.15) is 54.8 Å². The van der Waals surface area contributed by atoms with Crippen LogP contribution in [0, 0.1) is 5.92 Å². The van der Waals surface area contributed by atoms with Crippen molar-refractivity contribution < 1.29 is 14.3 Å². The van der Waals surface area contributed by atoms with E-state index in [2.05, 4.69) is 43.4 Å². The predicted molar refractivity (Wildman–Crippen MR) is 116 cm³/mol. The second kappa shape index (κ2) is 9.06. The van der Waals surface area contributed by atoms with Gasteiger partial charge in [0.25, 0.3) is 0 Å². The summed E-state index contributed by atoms with van der Waals surface area (Å²) in [5, 5.41) is 3.02. The van der Waals surface area contributed by atoms with Crippen molar-refractivity contribution in [2.24, 2.45) is 11.7 Å². The highest BCUT2D eigenvalue weighted by Gasteiger charge is 2.44. The molecule has 3 unspecified atom stereocenters. The average molecular weight is 417 g/mol. The number of nitrogens with two attached hydrogens (primary N) is 1. The lowest BCUT2D eigenvalue weighted by molar-refractivity contribution is -0.122. The first kappa shape index (κ1) is 21.5. The van der Waals surface area contributed by atoms with Crippen LogP contribution in [0.3, 0.4) is 0 Å².